The van der Waals surface area contributed by atoms with Crippen molar-refractivity contribution in [2.75, 3.05) is 6.61 Å². The van der Waals surface area contributed by atoms with Crippen LogP contribution in [0.4, 0.5) is 0 Å². The largest absolute Gasteiger partial charge is 0.368 e. The van der Waals surface area contributed by atoms with Gasteiger partial charge in [0.2, 0.25) is 0 Å². The molecule has 0 aromatic carbocycles. The Bertz CT molecular complexity index is 134. The first-order valence-electron chi connectivity index (χ1n) is 3.86. The highest BCUT2D eigenvalue weighted by Gasteiger charge is 2.35. The van der Waals surface area contributed by atoms with Crippen molar-refractivity contribution in [3.8, 4) is 0 Å². The molecular weight excluding hydrogens is 128 g/mol. The Balaban J connectivity index is 2.58. The van der Waals surface area contributed by atoms with Crippen LogP contribution in [0, 0.1) is 0 Å². The number of carbonyl (C=O) groups excluding carboxylic acids is 1. The SMILES string of the molecule is CCC(=O)[C@]1(C)CCCO1. The quantitative estimate of drug-likeness (QED) is 0.584. The van der Waals surface area contributed by atoms with E-state index >= 15 is 0 Å². The lowest BCUT2D eigenvalue weighted by Crippen LogP contribution is -2.33. The Hall–Kier alpha value is -0.370. The monoisotopic (exact) mass is 142 g/mol. The Labute approximate surface area is 61.6 Å². The average molecular weight is 142 g/mol. The number of rotatable bonds is 2. The number of ketones is 1. The molecule has 0 amide bonds. The third-order valence-electron chi connectivity index (χ3n) is 2.13. The molecule has 2 heteroatoms. The summed E-state index contributed by atoms with van der Waals surface area (Å²) in [6.07, 6.45) is 2.53. The Kier molecular flexibility index (Phi) is 2.09. The first-order chi connectivity index (χ1) is 4.69. The van der Waals surface area contributed by atoms with Gasteiger partial charge in [-0.15, -0.1) is 0 Å². The number of carbonyl (C=O) groups is 1. The minimum Gasteiger partial charge on any atom is -0.368 e. The molecule has 0 N–H and O–H groups in total. The first kappa shape index (κ1) is 7.73. The standard InChI is InChI=1S/C8H14O2/c1-3-7(9)8(2)5-4-6-10-8/h3-6H2,1-2H3/t8-/m0/s1. The highest BCUT2D eigenvalue weighted by Crippen LogP contribution is 2.26. The molecule has 2 nitrogen and oxygen atoms in total. The van der Waals surface area contributed by atoms with E-state index in [2.05, 4.69) is 0 Å². The molecule has 1 saturated heterocycles. The number of ether oxygens (including phenoxy) is 1. The summed E-state index contributed by atoms with van der Waals surface area (Å²) >= 11 is 0. The van der Waals surface area contributed by atoms with Gasteiger partial charge in [-0.05, 0) is 19.8 Å². The fourth-order valence-corrected chi connectivity index (χ4v) is 1.37. The van der Waals surface area contributed by atoms with E-state index in [0.29, 0.717) is 6.42 Å². The Morgan fingerprint density at radius 1 is 1.70 bits per heavy atom. The molecule has 0 radical (unpaired) electrons. The molecule has 0 aromatic rings. The van der Waals surface area contributed by atoms with Gasteiger partial charge in [0.25, 0.3) is 0 Å². The van der Waals surface area contributed by atoms with Gasteiger partial charge in [0.05, 0.1) is 0 Å². The van der Waals surface area contributed by atoms with Gasteiger partial charge in [0.15, 0.2) is 5.78 Å². The van der Waals surface area contributed by atoms with E-state index in [9.17, 15) is 4.79 Å². The van der Waals surface area contributed by atoms with Crippen LogP contribution in [0.15, 0.2) is 0 Å². The summed E-state index contributed by atoms with van der Waals surface area (Å²) in [5.41, 5.74) is -0.436. The number of hydrogen-bond acceptors (Lipinski definition) is 2. The van der Waals surface area contributed by atoms with Crippen molar-refractivity contribution in [3.63, 3.8) is 0 Å². The van der Waals surface area contributed by atoms with Crippen molar-refractivity contribution in [3.05, 3.63) is 0 Å². The topological polar surface area (TPSA) is 26.3 Å². The smallest absolute Gasteiger partial charge is 0.164 e. The van der Waals surface area contributed by atoms with Gasteiger partial charge < -0.3 is 4.74 Å². The first-order valence-corrected chi connectivity index (χ1v) is 3.86. The molecule has 1 atom stereocenters. The molecule has 1 fully saturated rings. The highest BCUT2D eigenvalue weighted by molar-refractivity contribution is 5.86. The minimum absolute atomic E-state index is 0.241. The van der Waals surface area contributed by atoms with E-state index < -0.39 is 5.60 Å². The van der Waals surface area contributed by atoms with Gasteiger partial charge >= 0.3 is 0 Å². The molecule has 0 bridgehead atoms. The molecule has 0 aromatic heterocycles. The highest BCUT2D eigenvalue weighted by atomic mass is 16.5. The summed E-state index contributed by atoms with van der Waals surface area (Å²) < 4.78 is 5.34. The van der Waals surface area contributed by atoms with E-state index in [1.54, 1.807) is 0 Å². The summed E-state index contributed by atoms with van der Waals surface area (Å²) in [6, 6.07) is 0. The average Bonchev–Trinajstić information content (AvgIpc) is 2.36. The summed E-state index contributed by atoms with van der Waals surface area (Å²) in [4.78, 5) is 11.2. The molecular formula is C8H14O2. The molecule has 58 valence electrons. The van der Waals surface area contributed by atoms with Crippen LogP contribution in [0.25, 0.3) is 0 Å². The number of hydrogen-bond donors (Lipinski definition) is 0. The zero-order valence-electron chi connectivity index (χ0n) is 6.64. The van der Waals surface area contributed by atoms with E-state index in [-0.39, 0.29) is 5.78 Å². The lowest BCUT2D eigenvalue weighted by Gasteiger charge is -2.19. The van der Waals surface area contributed by atoms with Crippen molar-refractivity contribution < 1.29 is 9.53 Å². The second kappa shape index (κ2) is 2.70. The van der Waals surface area contributed by atoms with Crippen LogP contribution in [0.5, 0.6) is 0 Å². The van der Waals surface area contributed by atoms with E-state index in [4.69, 9.17) is 4.74 Å². The van der Waals surface area contributed by atoms with Crippen LogP contribution in [0.1, 0.15) is 33.1 Å². The zero-order chi connectivity index (χ0) is 7.61. The van der Waals surface area contributed by atoms with Crippen molar-refractivity contribution in [1.29, 1.82) is 0 Å². The van der Waals surface area contributed by atoms with Crippen molar-refractivity contribution in [2.24, 2.45) is 0 Å². The van der Waals surface area contributed by atoms with Crippen LogP contribution in [0.3, 0.4) is 0 Å². The van der Waals surface area contributed by atoms with Crippen molar-refractivity contribution >= 4 is 5.78 Å². The van der Waals surface area contributed by atoms with Gasteiger partial charge in [-0.3, -0.25) is 4.79 Å². The van der Waals surface area contributed by atoms with Crippen LogP contribution in [0.2, 0.25) is 0 Å². The van der Waals surface area contributed by atoms with Crippen LogP contribution in [-0.4, -0.2) is 18.0 Å². The molecule has 1 rings (SSSR count). The van der Waals surface area contributed by atoms with E-state index in [0.717, 1.165) is 19.4 Å². The van der Waals surface area contributed by atoms with E-state index in [1.807, 2.05) is 13.8 Å². The molecule has 1 aliphatic rings. The Morgan fingerprint density at radius 2 is 2.40 bits per heavy atom. The van der Waals surface area contributed by atoms with Crippen LogP contribution < -0.4 is 0 Å². The Morgan fingerprint density at radius 3 is 2.80 bits per heavy atom. The lowest BCUT2D eigenvalue weighted by molar-refractivity contribution is -0.136. The van der Waals surface area contributed by atoms with Gasteiger partial charge in [-0.2, -0.15) is 0 Å². The van der Waals surface area contributed by atoms with Crippen LogP contribution >= 0.6 is 0 Å². The lowest BCUT2D eigenvalue weighted by atomic mass is 9.96. The second-order valence-corrected chi connectivity index (χ2v) is 2.96. The maximum absolute atomic E-state index is 11.2. The molecule has 0 saturated carbocycles. The molecule has 0 spiro atoms. The summed E-state index contributed by atoms with van der Waals surface area (Å²) in [7, 11) is 0. The summed E-state index contributed by atoms with van der Waals surface area (Å²) in [5, 5.41) is 0. The normalized spacial score (nSPS) is 32.6. The molecule has 1 aliphatic heterocycles. The molecule has 0 unspecified atom stereocenters. The minimum atomic E-state index is -0.436. The maximum atomic E-state index is 11.2. The fraction of sp³-hybridized carbons (Fsp3) is 0.875. The predicted octanol–water partition coefficient (Wildman–Crippen LogP) is 1.53. The number of Topliss-reactive ketones (excluding diaryl/α,β-unsaturated/α-hetero) is 1. The summed E-state index contributed by atoms with van der Waals surface area (Å²) in [5.74, 6) is 0.241. The zero-order valence-corrected chi connectivity index (χ0v) is 6.64. The van der Waals surface area contributed by atoms with Gasteiger partial charge in [-0.1, -0.05) is 6.92 Å². The van der Waals surface area contributed by atoms with Gasteiger partial charge in [0.1, 0.15) is 5.60 Å². The predicted molar refractivity (Wildman–Crippen MR) is 38.9 cm³/mol. The van der Waals surface area contributed by atoms with Gasteiger partial charge in [0, 0.05) is 13.0 Å². The van der Waals surface area contributed by atoms with Crippen molar-refractivity contribution in [1.82, 2.24) is 0 Å². The third-order valence-corrected chi connectivity index (χ3v) is 2.13. The van der Waals surface area contributed by atoms with Gasteiger partial charge in [-0.25, -0.2) is 0 Å². The molecule has 1 heterocycles. The molecule has 10 heavy (non-hydrogen) atoms. The summed E-state index contributed by atoms with van der Waals surface area (Å²) in [6.45, 7) is 4.53. The molecule has 0 aliphatic carbocycles. The van der Waals surface area contributed by atoms with Crippen molar-refractivity contribution in [2.45, 2.75) is 38.7 Å². The maximum Gasteiger partial charge on any atom is 0.164 e. The fourth-order valence-electron chi connectivity index (χ4n) is 1.37. The third kappa shape index (κ3) is 1.21. The van der Waals surface area contributed by atoms with Crippen LogP contribution in [-0.2, 0) is 9.53 Å². The van der Waals surface area contributed by atoms with E-state index in [1.165, 1.54) is 0 Å². The second-order valence-electron chi connectivity index (χ2n) is 2.96.